The van der Waals surface area contributed by atoms with Crippen LogP contribution in [-0.4, -0.2) is 27.0 Å². The van der Waals surface area contributed by atoms with E-state index < -0.39 is 9.84 Å². The number of aryl methyl sites for hydroxylation is 1. The summed E-state index contributed by atoms with van der Waals surface area (Å²) in [6, 6.07) is 8.08. The molecule has 1 aromatic carbocycles. The van der Waals surface area contributed by atoms with Crippen molar-refractivity contribution in [2.75, 3.05) is 18.6 Å². The van der Waals surface area contributed by atoms with Gasteiger partial charge in [0.25, 0.3) is 0 Å². The Morgan fingerprint density at radius 1 is 1.27 bits per heavy atom. The second kappa shape index (κ2) is 5.28. The first-order valence-corrected chi connectivity index (χ1v) is 6.98. The predicted molar refractivity (Wildman–Crippen MR) is 62.6 cm³/mol. The second-order valence-corrected chi connectivity index (χ2v) is 5.99. The van der Waals surface area contributed by atoms with E-state index in [4.69, 9.17) is 0 Å². The Labute approximate surface area is 91.4 Å². The fourth-order valence-electron chi connectivity index (χ4n) is 1.29. The highest BCUT2D eigenvalue weighted by atomic mass is 32.2. The van der Waals surface area contributed by atoms with Crippen molar-refractivity contribution >= 4 is 9.84 Å². The number of hydrogen-bond acceptors (Lipinski definition) is 3. The van der Waals surface area contributed by atoms with Crippen molar-refractivity contribution in [2.24, 2.45) is 0 Å². The van der Waals surface area contributed by atoms with E-state index in [1.54, 1.807) is 0 Å². The summed E-state index contributed by atoms with van der Waals surface area (Å²) in [5, 5.41) is 3.12. The van der Waals surface area contributed by atoms with Gasteiger partial charge in [-0.3, -0.25) is 0 Å². The molecular formula is C11H17NO2S. The van der Waals surface area contributed by atoms with Gasteiger partial charge < -0.3 is 5.32 Å². The zero-order valence-corrected chi connectivity index (χ0v) is 9.97. The second-order valence-electron chi connectivity index (χ2n) is 3.73. The predicted octanol–water partition coefficient (Wildman–Crippen LogP) is 1.13. The van der Waals surface area contributed by atoms with Gasteiger partial charge in [0.1, 0.15) is 9.84 Å². The Hall–Kier alpha value is -0.870. The van der Waals surface area contributed by atoms with Crippen molar-refractivity contribution in [3.63, 3.8) is 0 Å². The van der Waals surface area contributed by atoms with Crippen molar-refractivity contribution < 1.29 is 8.42 Å². The monoisotopic (exact) mass is 227 g/mol. The van der Waals surface area contributed by atoms with Crippen molar-refractivity contribution in [2.45, 2.75) is 13.5 Å². The van der Waals surface area contributed by atoms with Crippen molar-refractivity contribution in [1.29, 1.82) is 0 Å². The molecule has 0 saturated carbocycles. The van der Waals surface area contributed by atoms with Gasteiger partial charge in [-0.25, -0.2) is 8.42 Å². The number of rotatable bonds is 5. The molecule has 0 radical (unpaired) electrons. The Kier molecular flexibility index (Phi) is 4.29. The van der Waals surface area contributed by atoms with E-state index in [0.29, 0.717) is 6.54 Å². The molecule has 0 fully saturated rings. The largest absolute Gasteiger partial charge is 0.312 e. The molecule has 0 bridgehead atoms. The Bertz CT molecular complexity index is 412. The molecule has 1 N–H and O–H groups in total. The van der Waals surface area contributed by atoms with Gasteiger partial charge in [-0.05, 0) is 18.1 Å². The minimum absolute atomic E-state index is 0.193. The van der Waals surface area contributed by atoms with Gasteiger partial charge in [0.2, 0.25) is 0 Å². The van der Waals surface area contributed by atoms with Crippen molar-refractivity contribution in [3.05, 3.63) is 35.4 Å². The summed E-state index contributed by atoms with van der Waals surface area (Å²) in [5.74, 6) is 0.193. The summed E-state index contributed by atoms with van der Waals surface area (Å²) in [6.07, 6.45) is 1.25. The fraction of sp³-hybridized carbons (Fsp3) is 0.455. The van der Waals surface area contributed by atoms with Gasteiger partial charge in [0, 0.05) is 19.3 Å². The number of nitrogens with one attached hydrogen (secondary N) is 1. The zero-order chi connectivity index (χ0) is 11.3. The maximum atomic E-state index is 10.9. The zero-order valence-electron chi connectivity index (χ0n) is 9.16. The lowest BCUT2D eigenvalue weighted by Crippen LogP contribution is -2.22. The van der Waals surface area contributed by atoms with Crippen LogP contribution in [0.4, 0.5) is 0 Å². The molecule has 0 aliphatic carbocycles. The van der Waals surface area contributed by atoms with Crippen LogP contribution >= 0.6 is 0 Å². The van der Waals surface area contributed by atoms with Crippen LogP contribution in [0, 0.1) is 6.92 Å². The minimum atomic E-state index is -2.85. The van der Waals surface area contributed by atoms with Crippen LogP contribution in [0.25, 0.3) is 0 Å². The van der Waals surface area contributed by atoms with Gasteiger partial charge in [-0.2, -0.15) is 0 Å². The topological polar surface area (TPSA) is 46.2 Å². The van der Waals surface area contributed by atoms with Crippen LogP contribution in [0.5, 0.6) is 0 Å². The summed E-state index contributed by atoms with van der Waals surface area (Å²) in [7, 11) is -2.85. The maximum Gasteiger partial charge on any atom is 0.148 e. The van der Waals surface area contributed by atoms with Crippen LogP contribution in [0.3, 0.4) is 0 Å². The molecule has 0 saturated heterocycles. The molecule has 0 spiro atoms. The summed E-state index contributed by atoms with van der Waals surface area (Å²) in [6.45, 7) is 3.28. The first-order valence-electron chi connectivity index (χ1n) is 4.92. The summed E-state index contributed by atoms with van der Waals surface area (Å²) in [4.78, 5) is 0. The van der Waals surface area contributed by atoms with Gasteiger partial charge in [0.05, 0.1) is 5.75 Å². The molecular weight excluding hydrogens is 210 g/mol. The Morgan fingerprint density at radius 2 is 1.93 bits per heavy atom. The van der Waals surface area contributed by atoms with E-state index in [0.717, 1.165) is 6.54 Å². The third kappa shape index (κ3) is 4.95. The summed E-state index contributed by atoms with van der Waals surface area (Å²) >= 11 is 0. The molecule has 0 aliphatic heterocycles. The molecule has 0 unspecified atom stereocenters. The normalized spacial score (nSPS) is 11.6. The molecule has 3 nitrogen and oxygen atoms in total. The van der Waals surface area contributed by atoms with Crippen LogP contribution < -0.4 is 5.32 Å². The van der Waals surface area contributed by atoms with Crippen LogP contribution in [0.15, 0.2) is 24.3 Å². The van der Waals surface area contributed by atoms with Crippen LogP contribution in [-0.2, 0) is 16.4 Å². The lowest BCUT2D eigenvalue weighted by molar-refractivity contribution is 0.596. The van der Waals surface area contributed by atoms with Gasteiger partial charge in [0.15, 0.2) is 0 Å². The van der Waals surface area contributed by atoms with E-state index >= 15 is 0 Å². The molecule has 1 rings (SSSR count). The van der Waals surface area contributed by atoms with Crippen molar-refractivity contribution in [1.82, 2.24) is 5.32 Å². The molecule has 0 heterocycles. The molecule has 15 heavy (non-hydrogen) atoms. The molecule has 4 heteroatoms. The molecule has 0 atom stereocenters. The number of benzene rings is 1. The SMILES string of the molecule is Cc1ccccc1CNCCS(C)(=O)=O. The van der Waals surface area contributed by atoms with E-state index in [2.05, 4.69) is 5.32 Å². The first kappa shape index (κ1) is 12.2. The number of hydrogen-bond donors (Lipinski definition) is 1. The van der Waals surface area contributed by atoms with Crippen molar-refractivity contribution in [3.8, 4) is 0 Å². The highest BCUT2D eigenvalue weighted by Gasteiger charge is 2.01. The van der Waals surface area contributed by atoms with E-state index in [1.165, 1.54) is 17.4 Å². The minimum Gasteiger partial charge on any atom is -0.312 e. The van der Waals surface area contributed by atoms with Crippen LogP contribution in [0.2, 0.25) is 0 Å². The quantitative estimate of drug-likeness (QED) is 0.767. The average Bonchev–Trinajstić information content (AvgIpc) is 2.13. The Morgan fingerprint density at radius 3 is 2.53 bits per heavy atom. The van der Waals surface area contributed by atoms with E-state index in [-0.39, 0.29) is 5.75 Å². The molecule has 0 aromatic heterocycles. The van der Waals surface area contributed by atoms with Gasteiger partial charge in [-0.1, -0.05) is 24.3 Å². The van der Waals surface area contributed by atoms with E-state index in [9.17, 15) is 8.42 Å². The summed E-state index contributed by atoms with van der Waals surface area (Å²) in [5.41, 5.74) is 2.44. The van der Waals surface area contributed by atoms with E-state index in [1.807, 2.05) is 31.2 Å². The molecule has 84 valence electrons. The van der Waals surface area contributed by atoms with Gasteiger partial charge in [-0.15, -0.1) is 0 Å². The fourth-order valence-corrected chi connectivity index (χ4v) is 1.80. The molecule has 1 aromatic rings. The summed E-state index contributed by atoms with van der Waals surface area (Å²) < 4.78 is 21.7. The van der Waals surface area contributed by atoms with Crippen LogP contribution in [0.1, 0.15) is 11.1 Å². The Balaban J connectivity index is 2.36. The van der Waals surface area contributed by atoms with Gasteiger partial charge >= 0.3 is 0 Å². The highest BCUT2D eigenvalue weighted by Crippen LogP contribution is 2.05. The number of sulfone groups is 1. The average molecular weight is 227 g/mol. The third-order valence-corrected chi connectivity index (χ3v) is 3.17. The molecule has 0 amide bonds. The molecule has 0 aliphatic rings. The first-order chi connectivity index (χ1) is 6.99. The lowest BCUT2D eigenvalue weighted by Gasteiger charge is -2.06. The highest BCUT2D eigenvalue weighted by molar-refractivity contribution is 7.90. The third-order valence-electron chi connectivity index (χ3n) is 2.23. The lowest BCUT2D eigenvalue weighted by atomic mass is 10.1. The maximum absolute atomic E-state index is 10.9. The standard InChI is InChI=1S/C11H17NO2S/c1-10-5-3-4-6-11(10)9-12-7-8-15(2,13)14/h3-6,12H,7-9H2,1-2H3. The smallest absolute Gasteiger partial charge is 0.148 e.